The molecule has 0 spiro atoms. The number of imidazole rings is 1. The molecule has 7 nitrogen and oxygen atoms in total. The molecule has 0 radical (unpaired) electrons. The summed E-state index contributed by atoms with van der Waals surface area (Å²) in [5.74, 6) is 0.632. The number of nitrogens with two attached hydrogens (primary N) is 1. The fourth-order valence-electron chi connectivity index (χ4n) is 3.50. The second kappa shape index (κ2) is 7.28. The fourth-order valence-corrected chi connectivity index (χ4v) is 3.50. The number of phenolic OH excluding ortho intramolecular Hbond substituents is 1. The maximum atomic E-state index is 11.6. The van der Waals surface area contributed by atoms with Crippen LogP contribution in [-0.4, -0.2) is 58.6 Å². The molecule has 1 aliphatic heterocycles. The van der Waals surface area contributed by atoms with E-state index in [-0.39, 0.29) is 0 Å². The lowest BCUT2D eigenvalue weighted by Gasteiger charge is -2.34. The van der Waals surface area contributed by atoms with Crippen LogP contribution in [0.4, 0.5) is 5.95 Å². The number of aromatic amines is 1. The van der Waals surface area contributed by atoms with E-state index in [0.29, 0.717) is 16.8 Å². The van der Waals surface area contributed by atoms with Crippen molar-refractivity contribution >= 4 is 22.9 Å². The standard InChI is InChI=1S/C20H23N5O2/c21-19(27)16-2-1-3-17-18(16)23-20(22-17)25-12-10-24(11-13-25)9-8-14-4-6-15(26)7-5-14/h1-7,26H,8-13H2,(H2,21,27)(H,22,23). The van der Waals surface area contributed by atoms with Crippen LogP contribution in [0.2, 0.25) is 0 Å². The van der Waals surface area contributed by atoms with E-state index in [0.717, 1.165) is 50.6 Å². The topological polar surface area (TPSA) is 98.5 Å². The molecule has 1 amide bonds. The van der Waals surface area contributed by atoms with Crippen LogP contribution < -0.4 is 10.6 Å². The fraction of sp³-hybridized carbons (Fsp3) is 0.300. The molecular formula is C20H23N5O2. The lowest BCUT2D eigenvalue weighted by atomic mass is 10.1. The van der Waals surface area contributed by atoms with E-state index in [1.54, 1.807) is 18.2 Å². The molecule has 2 aromatic carbocycles. The van der Waals surface area contributed by atoms with Crippen LogP contribution in [0.3, 0.4) is 0 Å². The maximum Gasteiger partial charge on any atom is 0.250 e. The Labute approximate surface area is 157 Å². The minimum Gasteiger partial charge on any atom is -0.508 e. The molecule has 27 heavy (non-hydrogen) atoms. The average molecular weight is 365 g/mol. The lowest BCUT2D eigenvalue weighted by molar-refractivity contribution is 0.100. The van der Waals surface area contributed by atoms with Gasteiger partial charge < -0.3 is 20.7 Å². The van der Waals surface area contributed by atoms with Gasteiger partial charge in [0.15, 0.2) is 0 Å². The van der Waals surface area contributed by atoms with Crippen molar-refractivity contribution in [2.75, 3.05) is 37.6 Å². The van der Waals surface area contributed by atoms with Gasteiger partial charge in [0.05, 0.1) is 11.1 Å². The summed E-state index contributed by atoms with van der Waals surface area (Å²) in [6.45, 7) is 4.66. The molecule has 1 aromatic heterocycles. The number of carbonyl (C=O) groups is 1. The first kappa shape index (κ1) is 17.4. The number of hydrogen-bond acceptors (Lipinski definition) is 5. The smallest absolute Gasteiger partial charge is 0.250 e. The van der Waals surface area contributed by atoms with Crippen molar-refractivity contribution in [2.45, 2.75) is 6.42 Å². The molecule has 1 saturated heterocycles. The van der Waals surface area contributed by atoms with Crippen molar-refractivity contribution in [2.24, 2.45) is 5.73 Å². The number of rotatable bonds is 5. The zero-order chi connectivity index (χ0) is 18.8. The van der Waals surface area contributed by atoms with Crippen molar-refractivity contribution in [3.8, 4) is 5.75 Å². The summed E-state index contributed by atoms with van der Waals surface area (Å²) in [5.41, 5.74) is 8.59. The Balaban J connectivity index is 1.37. The van der Waals surface area contributed by atoms with Gasteiger partial charge in [0.2, 0.25) is 5.95 Å². The van der Waals surface area contributed by atoms with E-state index < -0.39 is 5.91 Å². The molecule has 0 saturated carbocycles. The Morgan fingerprint density at radius 2 is 1.85 bits per heavy atom. The number of nitrogens with zero attached hydrogens (tertiary/aromatic N) is 3. The Morgan fingerprint density at radius 3 is 2.56 bits per heavy atom. The molecule has 140 valence electrons. The molecule has 0 atom stereocenters. The number of hydrogen-bond donors (Lipinski definition) is 3. The molecule has 0 bridgehead atoms. The number of nitrogens with one attached hydrogen (secondary N) is 1. The van der Waals surface area contributed by atoms with Crippen molar-refractivity contribution in [3.63, 3.8) is 0 Å². The summed E-state index contributed by atoms with van der Waals surface area (Å²) in [6, 6.07) is 12.8. The lowest BCUT2D eigenvalue weighted by Crippen LogP contribution is -2.47. The number of para-hydroxylation sites is 1. The highest BCUT2D eigenvalue weighted by molar-refractivity contribution is 6.04. The van der Waals surface area contributed by atoms with E-state index in [1.807, 2.05) is 24.3 Å². The van der Waals surface area contributed by atoms with Gasteiger partial charge in [0.25, 0.3) is 5.91 Å². The van der Waals surface area contributed by atoms with Gasteiger partial charge in [-0.1, -0.05) is 18.2 Å². The molecule has 0 aliphatic carbocycles. The van der Waals surface area contributed by atoms with Crippen LogP contribution in [0.15, 0.2) is 42.5 Å². The Morgan fingerprint density at radius 1 is 1.11 bits per heavy atom. The largest absolute Gasteiger partial charge is 0.508 e. The zero-order valence-electron chi connectivity index (χ0n) is 15.1. The minimum absolute atomic E-state index is 0.303. The Hall–Kier alpha value is -3.06. The van der Waals surface area contributed by atoms with Crippen LogP contribution in [0.25, 0.3) is 11.0 Å². The van der Waals surface area contributed by atoms with Gasteiger partial charge in [-0.25, -0.2) is 4.98 Å². The second-order valence-electron chi connectivity index (χ2n) is 6.87. The summed E-state index contributed by atoms with van der Waals surface area (Å²) in [4.78, 5) is 24.1. The van der Waals surface area contributed by atoms with E-state index in [1.165, 1.54) is 5.56 Å². The van der Waals surface area contributed by atoms with Crippen LogP contribution in [0.1, 0.15) is 15.9 Å². The summed E-state index contributed by atoms with van der Waals surface area (Å²) >= 11 is 0. The molecule has 4 rings (SSSR count). The normalized spacial score (nSPS) is 15.3. The van der Waals surface area contributed by atoms with E-state index in [4.69, 9.17) is 5.73 Å². The number of phenols is 1. The second-order valence-corrected chi connectivity index (χ2v) is 6.87. The minimum atomic E-state index is -0.460. The number of H-pyrrole nitrogens is 1. The van der Waals surface area contributed by atoms with Crippen LogP contribution in [0, 0.1) is 0 Å². The monoisotopic (exact) mass is 365 g/mol. The van der Waals surface area contributed by atoms with Gasteiger partial charge in [-0.15, -0.1) is 0 Å². The highest BCUT2D eigenvalue weighted by Gasteiger charge is 2.20. The number of benzene rings is 2. The quantitative estimate of drug-likeness (QED) is 0.640. The Kier molecular flexibility index (Phi) is 4.68. The van der Waals surface area contributed by atoms with Gasteiger partial charge in [0, 0.05) is 32.7 Å². The number of aromatic nitrogens is 2. The number of fused-ring (bicyclic) bond motifs is 1. The van der Waals surface area contributed by atoms with Crippen molar-refractivity contribution in [1.82, 2.24) is 14.9 Å². The first-order valence-corrected chi connectivity index (χ1v) is 9.14. The summed E-state index contributed by atoms with van der Waals surface area (Å²) < 4.78 is 0. The molecule has 1 fully saturated rings. The number of aromatic hydroxyl groups is 1. The summed E-state index contributed by atoms with van der Waals surface area (Å²) in [7, 11) is 0. The van der Waals surface area contributed by atoms with Gasteiger partial charge in [0.1, 0.15) is 11.3 Å². The van der Waals surface area contributed by atoms with Gasteiger partial charge in [-0.2, -0.15) is 0 Å². The summed E-state index contributed by atoms with van der Waals surface area (Å²) in [5, 5.41) is 9.36. The molecule has 3 aromatic rings. The summed E-state index contributed by atoms with van der Waals surface area (Å²) in [6.07, 6.45) is 0.965. The predicted octanol–water partition coefficient (Wildman–Crippen LogP) is 1.73. The number of amides is 1. The van der Waals surface area contributed by atoms with E-state index >= 15 is 0 Å². The molecule has 0 unspecified atom stereocenters. The van der Waals surface area contributed by atoms with Crippen molar-refractivity contribution in [1.29, 1.82) is 0 Å². The molecule has 1 aliphatic rings. The first-order valence-electron chi connectivity index (χ1n) is 9.14. The number of anilines is 1. The highest BCUT2D eigenvalue weighted by Crippen LogP contribution is 2.21. The van der Waals surface area contributed by atoms with E-state index in [2.05, 4.69) is 19.8 Å². The Bertz CT molecular complexity index is 943. The van der Waals surface area contributed by atoms with Gasteiger partial charge in [-0.05, 0) is 36.2 Å². The van der Waals surface area contributed by atoms with Gasteiger partial charge >= 0.3 is 0 Å². The molecule has 7 heteroatoms. The highest BCUT2D eigenvalue weighted by atomic mass is 16.3. The number of carbonyl (C=O) groups excluding carboxylic acids is 1. The van der Waals surface area contributed by atoms with Crippen molar-refractivity contribution in [3.05, 3.63) is 53.6 Å². The molecular weight excluding hydrogens is 342 g/mol. The third kappa shape index (κ3) is 3.73. The van der Waals surface area contributed by atoms with E-state index in [9.17, 15) is 9.90 Å². The van der Waals surface area contributed by atoms with Gasteiger partial charge in [-0.3, -0.25) is 9.69 Å². The van der Waals surface area contributed by atoms with Crippen LogP contribution >= 0.6 is 0 Å². The molecule has 4 N–H and O–H groups in total. The maximum absolute atomic E-state index is 11.6. The third-order valence-electron chi connectivity index (χ3n) is 5.09. The zero-order valence-corrected chi connectivity index (χ0v) is 15.1. The predicted molar refractivity (Wildman–Crippen MR) is 105 cm³/mol. The molecule has 2 heterocycles. The number of primary amides is 1. The third-order valence-corrected chi connectivity index (χ3v) is 5.09. The first-order chi connectivity index (χ1) is 13.1. The average Bonchev–Trinajstić information content (AvgIpc) is 3.12. The van der Waals surface area contributed by atoms with Crippen molar-refractivity contribution < 1.29 is 9.90 Å². The SMILES string of the molecule is NC(=O)c1cccc2[nH]c(N3CCN(CCc4ccc(O)cc4)CC3)nc12. The van der Waals surface area contributed by atoms with Crippen LogP contribution in [-0.2, 0) is 6.42 Å². The van der Waals surface area contributed by atoms with Crippen LogP contribution in [0.5, 0.6) is 5.75 Å². The number of piperazine rings is 1.